The second-order valence-electron chi connectivity index (χ2n) is 8.59. The molecule has 4 rings (SSSR count). The SMILES string of the molecule is CC(C)[C@@H]1CCc2ccncc2[C@H]1O.CC(C)[C@@H]1CCn2nccc2[C@H]1O. The van der Waals surface area contributed by atoms with Gasteiger partial charge in [0.2, 0.25) is 0 Å². The summed E-state index contributed by atoms with van der Waals surface area (Å²) >= 11 is 0. The highest BCUT2D eigenvalue weighted by molar-refractivity contribution is 5.28. The molecule has 0 radical (unpaired) electrons. The molecule has 2 aromatic rings. The first kappa shape index (κ1) is 20.0. The Balaban J connectivity index is 0.000000156. The van der Waals surface area contributed by atoms with E-state index >= 15 is 0 Å². The molecule has 0 amide bonds. The van der Waals surface area contributed by atoms with Gasteiger partial charge in [0.15, 0.2) is 0 Å². The van der Waals surface area contributed by atoms with E-state index < -0.39 is 0 Å². The van der Waals surface area contributed by atoms with Gasteiger partial charge in [-0.2, -0.15) is 5.10 Å². The lowest BCUT2D eigenvalue weighted by Crippen LogP contribution is -2.28. The molecule has 0 fully saturated rings. The van der Waals surface area contributed by atoms with Crippen LogP contribution < -0.4 is 0 Å². The van der Waals surface area contributed by atoms with E-state index in [2.05, 4.69) is 37.8 Å². The van der Waals surface area contributed by atoms with Crippen molar-refractivity contribution in [2.24, 2.45) is 23.7 Å². The minimum atomic E-state index is -0.323. The van der Waals surface area contributed by atoms with Crippen LogP contribution in [-0.4, -0.2) is 25.0 Å². The van der Waals surface area contributed by atoms with Gasteiger partial charge in [-0.05, 0) is 60.6 Å². The zero-order valence-electron chi connectivity index (χ0n) is 16.9. The molecule has 5 nitrogen and oxygen atoms in total. The summed E-state index contributed by atoms with van der Waals surface area (Å²) in [5, 5.41) is 24.3. The number of rotatable bonds is 2. The highest BCUT2D eigenvalue weighted by Crippen LogP contribution is 2.37. The van der Waals surface area contributed by atoms with Crippen LogP contribution in [0.5, 0.6) is 0 Å². The van der Waals surface area contributed by atoms with E-state index in [4.69, 9.17) is 0 Å². The Hall–Kier alpha value is -1.72. The van der Waals surface area contributed by atoms with Crippen molar-refractivity contribution in [3.63, 3.8) is 0 Å². The lowest BCUT2D eigenvalue weighted by Gasteiger charge is -2.32. The van der Waals surface area contributed by atoms with Crippen LogP contribution in [0, 0.1) is 23.7 Å². The van der Waals surface area contributed by atoms with Crippen molar-refractivity contribution in [2.45, 2.75) is 65.7 Å². The molecular weight excluding hydrogens is 338 g/mol. The Kier molecular flexibility index (Phi) is 6.33. The second-order valence-corrected chi connectivity index (χ2v) is 8.59. The number of hydrogen-bond acceptors (Lipinski definition) is 4. The van der Waals surface area contributed by atoms with Gasteiger partial charge in [-0.3, -0.25) is 9.67 Å². The normalized spacial score (nSPS) is 27.0. The van der Waals surface area contributed by atoms with Crippen LogP contribution in [0.1, 0.15) is 69.6 Å². The molecule has 2 aromatic heterocycles. The maximum Gasteiger partial charge on any atom is 0.0987 e. The molecule has 148 valence electrons. The highest BCUT2D eigenvalue weighted by Gasteiger charge is 2.31. The molecule has 5 heteroatoms. The van der Waals surface area contributed by atoms with Gasteiger partial charge in [0.1, 0.15) is 0 Å². The first-order valence-electron chi connectivity index (χ1n) is 10.2. The van der Waals surface area contributed by atoms with Crippen molar-refractivity contribution in [3.05, 3.63) is 47.5 Å². The Bertz CT molecular complexity index is 741. The average molecular weight is 372 g/mol. The fraction of sp³-hybridized carbons (Fsp3) is 0.636. The lowest BCUT2D eigenvalue weighted by molar-refractivity contribution is 0.0476. The summed E-state index contributed by atoms with van der Waals surface area (Å²) in [6, 6.07) is 3.94. The molecule has 0 spiro atoms. The van der Waals surface area contributed by atoms with Crippen molar-refractivity contribution in [1.82, 2.24) is 14.8 Å². The molecule has 27 heavy (non-hydrogen) atoms. The Morgan fingerprint density at radius 3 is 2.37 bits per heavy atom. The number of hydrogen-bond donors (Lipinski definition) is 2. The lowest BCUT2D eigenvalue weighted by atomic mass is 9.77. The van der Waals surface area contributed by atoms with Gasteiger partial charge in [0, 0.05) is 30.7 Å². The zero-order valence-corrected chi connectivity index (χ0v) is 16.9. The summed E-state index contributed by atoms with van der Waals surface area (Å²) in [5.74, 6) is 1.87. The number of fused-ring (bicyclic) bond motifs is 2. The molecule has 0 saturated heterocycles. The van der Waals surface area contributed by atoms with Crippen LogP contribution in [0.3, 0.4) is 0 Å². The van der Waals surface area contributed by atoms with Crippen LogP contribution in [-0.2, 0) is 13.0 Å². The first-order valence-corrected chi connectivity index (χ1v) is 10.2. The number of aryl methyl sites for hydroxylation is 2. The Morgan fingerprint density at radius 2 is 1.67 bits per heavy atom. The van der Waals surface area contributed by atoms with Crippen molar-refractivity contribution in [2.75, 3.05) is 0 Å². The maximum atomic E-state index is 10.2. The van der Waals surface area contributed by atoms with Crippen LogP contribution in [0.2, 0.25) is 0 Å². The monoisotopic (exact) mass is 371 g/mol. The van der Waals surface area contributed by atoms with Crippen LogP contribution in [0.15, 0.2) is 30.7 Å². The number of nitrogens with zero attached hydrogens (tertiary/aromatic N) is 3. The summed E-state index contributed by atoms with van der Waals surface area (Å²) < 4.78 is 1.91. The highest BCUT2D eigenvalue weighted by atomic mass is 16.3. The predicted octanol–water partition coefficient (Wildman–Crippen LogP) is 3.93. The molecule has 0 unspecified atom stereocenters. The molecule has 0 bridgehead atoms. The largest absolute Gasteiger partial charge is 0.388 e. The predicted molar refractivity (Wildman–Crippen MR) is 106 cm³/mol. The maximum absolute atomic E-state index is 10.2. The Morgan fingerprint density at radius 1 is 0.963 bits per heavy atom. The number of aliphatic hydroxyl groups excluding tert-OH is 2. The van der Waals surface area contributed by atoms with Gasteiger partial charge in [0.25, 0.3) is 0 Å². The van der Waals surface area contributed by atoms with E-state index in [1.54, 1.807) is 12.4 Å². The third-order valence-corrected chi connectivity index (χ3v) is 6.26. The smallest absolute Gasteiger partial charge is 0.0987 e. The van der Waals surface area contributed by atoms with Gasteiger partial charge in [0.05, 0.1) is 17.9 Å². The molecule has 2 N–H and O–H groups in total. The van der Waals surface area contributed by atoms with Gasteiger partial charge in [-0.1, -0.05) is 27.7 Å². The molecule has 0 aromatic carbocycles. The van der Waals surface area contributed by atoms with Crippen molar-refractivity contribution < 1.29 is 10.2 Å². The van der Waals surface area contributed by atoms with E-state index in [-0.39, 0.29) is 12.2 Å². The minimum absolute atomic E-state index is 0.313. The molecule has 4 atom stereocenters. The van der Waals surface area contributed by atoms with Gasteiger partial charge in [-0.15, -0.1) is 0 Å². The minimum Gasteiger partial charge on any atom is -0.388 e. The second kappa shape index (κ2) is 8.53. The number of pyridine rings is 1. The summed E-state index contributed by atoms with van der Waals surface area (Å²) in [4.78, 5) is 4.08. The van der Waals surface area contributed by atoms with Crippen molar-refractivity contribution >= 4 is 0 Å². The van der Waals surface area contributed by atoms with Crippen LogP contribution >= 0.6 is 0 Å². The summed E-state index contributed by atoms with van der Waals surface area (Å²) in [7, 11) is 0. The molecule has 1 aliphatic heterocycles. The number of aliphatic hydroxyl groups is 2. The van der Waals surface area contributed by atoms with E-state index in [1.807, 2.05) is 23.0 Å². The number of aromatic nitrogens is 3. The van der Waals surface area contributed by atoms with E-state index in [0.717, 1.165) is 37.1 Å². The van der Waals surface area contributed by atoms with Crippen LogP contribution in [0.4, 0.5) is 0 Å². The fourth-order valence-electron chi connectivity index (χ4n) is 4.47. The van der Waals surface area contributed by atoms with Crippen molar-refractivity contribution in [3.8, 4) is 0 Å². The molecule has 1 aliphatic carbocycles. The first-order chi connectivity index (χ1) is 12.9. The topological polar surface area (TPSA) is 71.2 Å². The quantitative estimate of drug-likeness (QED) is 0.839. The third-order valence-electron chi connectivity index (χ3n) is 6.26. The van der Waals surface area contributed by atoms with Crippen molar-refractivity contribution in [1.29, 1.82) is 0 Å². The molecule has 3 heterocycles. The molecule has 0 saturated carbocycles. The molecular formula is C22H33N3O2. The standard InChI is InChI=1S/C12H17NO.C10H16N2O/c1-8(2)10-4-3-9-5-6-13-7-11(9)12(10)14;1-7(2)8-4-6-12-9(10(8)13)3-5-11-12/h5-8,10,12,14H,3-4H2,1-2H3;3,5,7-8,10,13H,4,6H2,1-2H3/t10-,12-;8-,10-/m00/s1. The van der Waals surface area contributed by atoms with E-state index in [9.17, 15) is 10.2 Å². The summed E-state index contributed by atoms with van der Waals surface area (Å²) in [6.45, 7) is 9.63. The van der Waals surface area contributed by atoms with Gasteiger partial charge >= 0.3 is 0 Å². The zero-order chi connectivity index (χ0) is 19.6. The van der Waals surface area contributed by atoms with Gasteiger partial charge in [-0.25, -0.2) is 0 Å². The summed E-state index contributed by atoms with van der Waals surface area (Å²) in [6.07, 6.45) is 7.96. The van der Waals surface area contributed by atoms with E-state index in [1.165, 1.54) is 5.56 Å². The van der Waals surface area contributed by atoms with Gasteiger partial charge < -0.3 is 10.2 Å². The van der Waals surface area contributed by atoms with E-state index in [0.29, 0.717) is 23.7 Å². The molecule has 2 aliphatic rings. The summed E-state index contributed by atoms with van der Waals surface area (Å²) in [5.41, 5.74) is 3.28. The Labute approximate surface area is 162 Å². The fourth-order valence-corrected chi connectivity index (χ4v) is 4.47. The third kappa shape index (κ3) is 4.25. The average Bonchev–Trinajstić information content (AvgIpc) is 3.12. The van der Waals surface area contributed by atoms with Crippen LogP contribution in [0.25, 0.3) is 0 Å².